The van der Waals surface area contributed by atoms with E-state index in [1.54, 1.807) is 19.1 Å². The minimum absolute atomic E-state index is 0.149. The molecule has 21 heavy (non-hydrogen) atoms. The van der Waals surface area contributed by atoms with Crippen molar-refractivity contribution in [2.45, 2.75) is 55.5 Å². The van der Waals surface area contributed by atoms with Crippen molar-refractivity contribution >= 4 is 15.5 Å². The topological polar surface area (TPSA) is 58.2 Å². The lowest BCUT2D eigenvalue weighted by Crippen LogP contribution is -2.58. The minimum atomic E-state index is -3.10. The van der Waals surface area contributed by atoms with E-state index in [2.05, 4.69) is 10.6 Å². The molecular formula is C16H24N2O2S. The summed E-state index contributed by atoms with van der Waals surface area (Å²) in [5.41, 5.74) is 1.40. The van der Waals surface area contributed by atoms with Gasteiger partial charge in [0.2, 0.25) is 0 Å². The van der Waals surface area contributed by atoms with E-state index in [-0.39, 0.29) is 5.75 Å². The van der Waals surface area contributed by atoms with Crippen LogP contribution in [0.3, 0.4) is 0 Å². The van der Waals surface area contributed by atoms with E-state index in [4.69, 9.17) is 0 Å². The van der Waals surface area contributed by atoms with Crippen LogP contribution in [-0.2, 0) is 9.84 Å². The molecule has 1 aliphatic heterocycles. The molecule has 1 aromatic carbocycles. The van der Waals surface area contributed by atoms with Gasteiger partial charge in [0.1, 0.15) is 0 Å². The SMILES string of the molecule is CCS(=O)(=O)c1ccc(NC2CCNC3(CCC3)C2)cc1. The van der Waals surface area contributed by atoms with E-state index in [0.29, 0.717) is 16.5 Å². The molecule has 5 heteroatoms. The highest BCUT2D eigenvalue weighted by Crippen LogP contribution is 2.38. The fourth-order valence-corrected chi connectivity index (χ4v) is 4.31. The average molecular weight is 308 g/mol. The number of benzene rings is 1. The van der Waals surface area contributed by atoms with Crippen LogP contribution in [0.2, 0.25) is 0 Å². The zero-order valence-electron chi connectivity index (χ0n) is 12.6. The van der Waals surface area contributed by atoms with Gasteiger partial charge in [0.15, 0.2) is 9.84 Å². The highest BCUT2D eigenvalue weighted by molar-refractivity contribution is 7.91. The molecule has 1 spiro atoms. The van der Waals surface area contributed by atoms with Gasteiger partial charge in [-0.1, -0.05) is 6.92 Å². The Balaban J connectivity index is 1.65. The average Bonchev–Trinajstić information content (AvgIpc) is 2.46. The Bertz CT molecular complexity index is 591. The second-order valence-electron chi connectivity index (χ2n) is 6.32. The van der Waals surface area contributed by atoms with Gasteiger partial charge < -0.3 is 10.6 Å². The van der Waals surface area contributed by atoms with Crippen molar-refractivity contribution in [1.82, 2.24) is 5.32 Å². The molecule has 3 rings (SSSR count). The lowest BCUT2D eigenvalue weighted by molar-refractivity contribution is 0.135. The maximum absolute atomic E-state index is 11.8. The smallest absolute Gasteiger partial charge is 0.178 e. The summed E-state index contributed by atoms with van der Waals surface area (Å²) in [6, 6.07) is 7.68. The van der Waals surface area contributed by atoms with Gasteiger partial charge in [0, 0.05) is 17.3 Å². The van der Waals surface area contributed by atoms with Gasteiger partial charge in [0.25, 0.3) is 0 Å². The zero-order valence-corrected chi connectivity index (χ0v) is 13.4. The Labute approximate surface area is 127 Å². The van der Waals surface area contributed by atoms with Gasteiger partial charge in [-0.05, 0) is 62.9 Å². The van der Waals surface area contributed by atoms with Gasteiger partial charge >= 0.3 is 0 Å². The number of sulfone groups is 1. The van der Waals surface area contributed by atoms with Gasteiger partial charge in [-0.3, -0.25) is 0 Å². The fraction of sp³-hybridized carbons (Fsp3) is 0.625. The molecule has 1 atom stereocenters. The molecule has 0 bridgehead atoms. The Morgan fingerprint density at radius 1 is 1.29 bits per heavy atom. The van der Waals surface area contributed by atoms with E-state index in [1.165, 1.54) is 25.7 Å². The Kier molecular flexibility index (Phi) is 3.97. The summed E-state index contributed by atoms with van der Waals surface area (Å²) < 4.78 is 23.6. The molecule has 0 radical (unpaired) electrons. The third-order valence-electron chi connectivity index (χ3n) is 4.90. The van der Waals surface area contributed by atoms with Gasteiger partial charge in [-0.2, -0.15) is 0 Å². The zero-order chi connectivity index (χ0) is 14.9. The Morgan fingerprint density at radius 2 is 2.00 bits per heavy atom. The van der Waals surface area contributed by atoms with Crippen LogP contribution in [0, 0.1) is 0 Å². The van der Waals surface area contributed by atoms with E-state index < -0.39 is 9.84 Å². The quantitative estimate of drug-likeness (QED) is 0.897. The first kappa shape index (κ1) is 14.9. The highest BCUT2D eigenvalue weighted by Gasteiger charge is 2.40. The first-order valence-corrected chi connectivity index (χ1v) is 9.53. The first-order valence-electron chi connectivity index (χ1n) is 7.87. The van der Waals surface area contributed by atoms with Crippen LogP contribution in [-0.4, -0.2) is 32.3 Å². The number of nitrogens with one attached hydrogen (secondary N) is 2. The lowest BCUT2D eigenvalue weighted by atomic mass is 9.70. The molecule has 4 nitrogen and oxygen atoms in total. The summed E-state index contributed by atoms with van der Waals surface area (Å²) >= 11 is 0. The van der Waals surface area contributed by atoms with Gasteiger partial charge in [0.05, 0.1) is 10.6 Å². The predicted octanol–water partition coefficient (Wildman–Crippen LogP) is 2.57. The van der Waals surface area contributed by atoms with Crippen molar-refractivity contribution in [3.63, 3.8) is 0 Å². The third kappa shape index (κ3) is 3.09. The predicted molar refractivity (Wildman–Crippen MR) is 85.4 cm³/mol. The molecule has 116 valence electrons. The van der Waals surface area contributed by atoms with E-state index in [1.807, 2.05) is 12.1 Å². The van der Waals surface area contributed by atoms with Crippen molar-refractivity contribution in [1.29, 1.82) is 0 Å². The molecule has 1 unspecified atom stereocenters. The summed E-state index contributed by atoms with van der Waals surface area (Å²) in [5.74, 6) is 0.149. The fourth-order valence-electron chi connectivity index (χ4n) is 3.43. The van der Waals surface area contributed by atoms with Crippen molar-refractivity contribution in [2.24, 2.45) is 0 Å². The number of hydrogen-bond donors (Lipinski definition) is 2. The molecule has 2 aliphatic rings. The summed E-state index contributed by atoms with van der Waals surface area (Å²) in [5, 5.41) is 7.23. The standard InChI is InChI=1S/C16H24N2O2S/c1-2-21(19,20)15-6-4-13(5-7-15)18-14-8-11-17-16(12-14)9-3-10-16/h4-7,14,17-18H,2-3,8-12H2,1H3. The number of hydrogen-bond acceptors (Lipinski definition) is 4. The molecule has 1 aliphatic carbocycles. The molecule has 0 aromatic heterocycles. The number of rotatable bonds is 4. The Morgan fingerprint density at radius 3 is 2.57 bits per heavy atom. The number of piperidine rings is 1. The molecule has 1 aromatic rings. The molecule has 1 heterocycles. The molecule has 2 fully saturated rings. The van der Waals surface area contributed by atoms with E-state index >= 15 is 0 Å². The largest absolute Gasteiger partial charge is 0.382 e. The number of anilines is 1. The summed E-state index contributed by atoms with van der Waals surface area (Å²) in [6.07, 6.45) is 6.21. The third-order valence-corrected chi connectivity index (χ3v) is 6.66. The van der Waals surface area contributed by atoms with Crippen LogP contribution in [0.1, 0.15) is 39.0 Å². The van der Waals surface area contributed by atoms with Crippen LogP contribution in [0.25, 0.3) is 0 Å². The lowest BCUT2D eigenvalue weighted by Gasteiger charge is -2.48. The van der Waals surface area contributed by atoms with Crippen LogP contribution in [0.4, 0.5) is 5.69 Å². The van der Waals surface area contributed by atoms with E-state index in [0.717, 1.165) is 18.7 Å². The molecular weight excluding hydrogens is 284 g/mol. The van der Waals surface area contributed by atoms with Crippen LogP contribution >= 0.6 is 0 Å². The molecule has 1 saturated heterocycles. The molecule has 0 amide bonds. The maximum atomic E-state index is 11.8. The normalized spacial score (nSPS) is 24.5. The summed E-state index contributed by atoms with van der Waals surface area (Å²) in [4.78, 5) is 0.413. The maximum Gasteiger partial charge on any atom is 0.178 e. The monoisotopic (exact) mass is 308 g/mol. The molecule has 1 saturated carbocycles. The van der Waals surface area contributed by atoms with Crippen LogP contribution in [0.15, 0.2) is 29.2 Å². The van der Waals surface area contributed by atoms with Crippen molar-refractivity contribution in [3.05, 3.63) is 24.3 Å². The van der Waals surface area contributed by atoms with Crippen molar-refractivity contribution in [3.8, 4) is 0 Å². The van der Waals surface area contributed by atoms with Gasteiger partial charge in [-0.15, -0.1) is 0 Å². The first-order chi connectivity index (χ1) is 10.0. The minimum Gasteiger partial charge on any atom is -0.382 e. The second kappa shape index (κ2) is 5.61. The summed E-state index contributed by atoms with van der Waals surface area (Å²) in [7, 11) is -3.10. The van der Waals surface area contributed by atoms with E-state index in [9.17, 15) is 8.42 Å². The van der Waals surface area contributed by atoms with Gasteiger partial charge in [-0.25, -0.2) is 8.42 Å². The van der Waals surface area contributed by atoms with Crippen LogP contribution < -0.4 is 10.6 Å². The second-order valence-corrected chi connectivity index (χ2v) is 8.60. The van der Waals surface area contributed by atoms with Crippen LogP contribution in [0.5, 0.6) is 0 Å². The summed E-state index contributed by atoms with van der Waals surface area (Å²) in [6.45, 7) is 2.74. The Hall–Kier alpha value is -1.07. The highest BCUT2D eigenvalue weighted by atomic mass is 32.2. The van der Waals surface area contributed by atoms with Crippen molar-refractivity contribution in [2.75, 3.05) is 17.6 Å². The molecule has 2 N–H and O–H groups in total. The van der Waals surface area contributed by atoms with Crippen molar-refractivity contribution < 1.29 is 8.42 Å².